The van der Waals surface area contributed by atoms with Gasteiger partial charge in [0.2, 0.25) is 8.03 Å². The fraction of sp³-hybridized carbons (Fsp3) is 0. The molecule has 8 nitrogen and oxygen atoms in total. The van der Waals surface area contributed by atoms with Gasteiger partial charge in [-0.05, 0) is 12.1 Å². The van der Waals surface area contributed by atoms with Crippen LogP contribution < -0.4 is 5.30 Å². The van der Waals surface area contributed by atoms with Gasteiger partial charge in [0.15, 0.2) is 0 Å². The predicted octanol–water partition coefficient (Wildman–Crippen LogP) is -0.728. The van der Waals surface area contributed by atoms with Gasteiger partial charge in [0.1, 0.15) is 9.79 Å². The molecule has 1 unspecified atom stereocenters. The Labute approximate surface area is 97.3 Å². The first-order valence-corrected chi connectivity index (χ1v) is 8.10. The van der Waals surface area contributed by atoms with Crippen molar-refractivity contribution in [1.29, 1.82) is 0 Å². The van der Waals surface area contributed by atoms with E-state index in [0.29, 0.717) is 6.07 Å². The summed E-state index contributed by atoms with van der Waals surface area (Å²) in [6.07, 6.45) is 0. The molecule has 0 radical (unpaired) electrons. The zero-order chi connectivity index (χ0) is 13.4. The maximum Gasteiger partial charge on any atom is 0.296 e. The molecule has 3 N–H and O–H groups in total. The Morgan fingerprint density at radius 1 is 1.00 bits per heavy atom. The van der Waals surface area contributed by atoms with E-state index < -0.39 is 43.4 Å². The van der Waals surface area contributed by atoms with Crippen LogP contribution in [0.2, 0.25) is 0 Å². The average Bonchev–Trinajstić information content (AvgIpc) is 2.13. The van der Waals surface area contributed by atoms with E-state index in [2.05, 4.69) is 0 Å². The van der Waals surface area contributed by atoms with Gasteiger partial charge in [-0.25, -0.2) is 0 Å². The van der Waals surface area contributed by atoms with Gasteiger partial charge in [-0.2, -0.15) is 16.8 Å². The fourth-order valence-corrected chi connectivity index (χ4v) is 4.36. The first-order valence-electron chi connectivity index (χ1n) is 3.86. The second kappa shape index (κ2) is 4.48. The van der Waals surface area contributed by atoms with E-state index in [4.69, 9.17) is 14.0 Å². The number of rotatable bonds is 3. The Morgan fingerprint density at radius 3 is 1.88 bits per heavy atom. The van der Waals surface area contributed by atoms with Crippen molar-refractivity contribution in [2.24, 2.45) is 0 Å². The van der Waals surface area contributed by atoms with Crippen LogP contribution in [0.3, 0.4) is 0 Å². The molecule has 0 bridgehead atoms. The summed E-state index contributed by atoms with van der Waals surface area (Å²) in [6, 6.07) is 2.51. The lowest BCUT2D eigenvalue weighted by Gasteiger charge is -2.07. The molecular weight excluding hydrogens is 295 g/mol. The quantitative estimate of drug-likeness (QED) is 0.489. The van der Waals surface area contributed by atoms with Gasteiger partial charge in [-0.1, -0.05) is 6.07 Å². The van der Waals surface area contributed by atoms with E-state index in [-0.39, 0.29) is 0 Å². The van der Waals surface area contributed by atoms with Crippen molar-refractivity contribution in [2.45, 2.75) is 9.79 Å². The molecule has 0 saturated carbocycles. The molecular formula is C6H7O8PS2. The maximum atomic E-state index is 11.0. The van der Waals surface area contributed by atoms with Crippen LogP contribution in [0.4, 0.5) is 0 Å². The van der Waals surface area contributed by atoms with Gasteiger partial charge < -0.3 is 4.89 Å². The van der Waals surface area contributed by atoms with Crippen molar-refractivity contribution in [3.8, 4) is 0 Å². The highest BCUT2D eigenvalue weighted by Crippen LogP contribution is 2.25. The topological polar surface area (TPSA) is 146 Å². The van der Waals surface area contributed by atoms with Crippen molar-refractivity contribution in [3.63, 3.8) is 0 Å². The summed E-state index contributed by atoms with van der Waals surface area (Å²) in [7, 11) is -13.6. The molecule has 0 heterocycles. The first kappa shape index (κ1) is 14.3. The molecule has 1 rings (SSSR count). The Hall–Kier alpha value is -0.770. The summed E-state index contributed by atoms with van der Waals surface area (Å²) < 4.78 is 72.2. The molecule has 1 aromatic rings. The highest BCUT2D eigenvalue weighted by atomic mass is 32.2. The summed E-state index contributed by atoms with van der Waals surface area (Å²) >= 11 is 0. The second-order valence-corrected chi connectivity index (χ2v) is 6.79. The minimum absolute atomic E-state index is 0.687. The number of benzene rings is 1. The SMILES string of the molecule is O=[PH](O)c1cccc(S(=O)(=O)O)c1S(=O)(=O)O. The molecule has 0 amide bonds. The summed E-state index contributed by atoms with van der Waals surface area (Å²) in [6.45, 7) is 0. The van der Waals surface area contributed by atoms with Crippen LogP contribution in [0, 0.1) is 0 Å². The third-order valence-electron chi connectivity index (χ3n) is 1.75. The largest absolute Gasteiger partial charge is 0.343 e. The van der Waals surface area contributed by atoms with Crippen molar-refractivity contribution in [1.82, 2.24) is 0 Å². The minimum atomic E-state index is -5.07. The Bertz CT molecular complexity index is 674. The molecule has 11 heteroatoms. The molecule has 0 spiro atoms. The number of hydrogen-bond acceptors (Lipinski definition) is 5. The van der Waals surface area contributed by atoms with Crippen molar-refractivity contribution >= 4 is 33.6 Å². The predicted molar refractivity (Wildman–Crippen MR) is 56.9 cm³/mol. The third kappa shape index (κ3) is 3.12. The molecule has 0 saturated heterocycles. The Balaban J connectivity index is 3.90. The zero-order valence-electron chi connectivity index (χ0n) is 7.93. The van der Waals surface area contributed by atoms with E-state index in [0.717, 1.165) is 12.1 Å². The van der Waals surface area contributed by atoms with E-state index in [9.17, 15) is 21.4 Å². The first-order chi connectivity index (χ1) is 7.55. The molecule has 0 aromatic heterocycles. The minimum Gasteiger partial charge on any atom is -0.343 e. The van der Waals surface area contributed by atoms with Crippen molar-refractivity contribution < 1.29 is 35.4 Å². The fourth-order valence-electron chi connectivity index (χ4n) is 1.15. The molecule has 0 aliphatic heterocycles. The van der Waals surface area contributed by atoms with Crippen LogP contribution >= 0.6 is 8.03 Å². The molecule has 17 heavy (non-hydrogen) atoms. The number of hydrogen-bond donors (Lipinski definition) is 3. The smallest absolute Gasteiger partial charge is 0.296 e. The molecule has 96 valence electrons. The van der Waals surface area contributed by atoms with Gasteiger partial charge in [0.05, 0.1) is 5.30 Å². The maximum absolute atomic E-state index is 11.0. The normalized spacial score (nSPS) is 14.5. The van der Waals surface area contributed by atoms with Crippen LogP contribution in [0.15, 0.2) is 28.0 Å². The van der Waals surface area contributed by atoms with E-state index in [1.165, 1.54) is 0 Å². The van der Waals surface area contributed by atoms with Gasteiger partial charge in [0, 0.05) is 0 Å². The molecule has 1 aromatic carbocycles. The van der Waals surface area contributed by atoms with Crippen LogP contribution in [0.5, 0.6) is 0 Å². The van der Waals surface area contributed by atoms with Crippen LogP contribution in [0.25, 0.3) is 0 Å². The van der Waals surface area contributed by atoms with Crippen LogP contribution in [0.1, 0.15) is 0 Å². The van der Waals surface area contributed by atoms with Crippen molar-refractivity contribution in [3.05, 3.63) is 18.2 Å². The lowest BCUT2D eigenvalue weighted by molar-refractivity contribution is 0.466. The van der Waals surface area contributed by atoms with Gasteiger partial charge in [-0.3, -0.25) is 13.7 Å². The van der Waals surface area contributed by atoms with Gasteiger partial charge in [-0.15, -0.1) is 0 Å². The van der Waals surface area contributed by atoms with E-state index in [1.54, 1.807) is 0 Å². The molecule has 1 atom stereocenters. The summed E-state index contributed by atoms with van der Waals surface area (Å²) in [5, 5.41) is -0.771. The summed E-state index contributed by atoms with van der Waals surface area (Å²) in [5.41, 5.74) is 0. The van der Waals surface area contributed by atoms with Crippen LogP contribution in [-0.2, 0) is 24.8 Å². The van der Waals surface area contributed by atoms with Crippen LogP contribution in [-0.4, -0.2) is 30.8 Å². The van der Waals surface area contributed by atoms with E-state index in [1.807, 2.05) is 0 Å². The van der Waals surface area contributed by atoms with Gasteiger partial charge >= 0.3 is 0 Å². The second-order valence-electron chi connectivity index (χ2n) is 2.89. The Kier molecular flexibility index (Phi) is 3.77. The monoisotopic (exact) mass is 302 g/mol. The molecule has 0 aliphatic carbocycles. The molecule has 0 aliphatic rings. The highest BCUT2D eigenvalue weighted by molar-refractivity contribution is 7.89. The third-order valence-corrected chi connectivity index (χ3v) is 4.78. The Morgan fingerprint density at radius 2 is 1.53 bits per heavy atom. The summed E-state index contributed by atoms with van der Waals surface area (Å²) in [5.74, 6) is 0. The van der Waals surface area contributed by atoms with Crippen molar-refractivity contribution in [2.75, 3.05) is 0 Å². The summed E-state index contributed by atoms with van der Waals surface area (Å²) in [4.78, 5) is 6.42. The molecule has 0 fully saturated rings. The zero-order valence-corrected chi connectivity index (χ0v) is 10.6. The highest BCUT2D eigenvalue weighted by Gasteiger charge is 2.28. The van der Waals surface area contributed by atoms with Gasteiger partial charge in [0.25, 0.3) is 20.2 Å². The standard InChI is InChI=1S/C6H7O8PS2/c7-15(8)4-2-1-3-5(16(9,10)11)6(4)17(12,13)14/h1-3,15H,(H,7,8)(H,9,10,11)(H,12,13,14). The lowest BCUT2D eigenvalue weighted by atomic mass is 10.4. The van der Waals surface area contributed by atoms with E-state index >= 15 is 0 Å². The lowest BCUT2D eigenvalue weighted by Crippen LogP contribution is -2.17. The average molecular weight is 302 g/mol.